The molecule has 1 atom stereocenters. The van der Waals surface area contributed by atoms with E-state index in [-0.39, 0.29) is 5.12 Å². The van der Waals surface area contributed by atoms with E-state index >= 15 is 0 Å². The van der Waals surface area contributed by atoms with Crippen LogP contribution < -0.4 is 0 Å². The van der Waals surface area contributed by atoms with Crippen molar-refractivity contribution in [3.8, 4) is 0 Å². The number of rotatable bonds is 4. The monoisotopic (exact) mass is 252 g/mol. The molecule has 1 unspecified atom stereocenters. The van der Waals surface area contributed by atoms with Crippen LogP contribution in [-0.4, -0.2) is 10.9 Å². The molecule has 0 aliphatic carbocycles. The fourth-order valence-corrected chi connectivity index (χ4v) is 2.21. The molecule has 86 valence electrons. The second-order valence-corrected chi connectivity index (χ2v) is 5.38. The van der Waals surface area contributed by atoms with Crippen LogP contribution >= 0.6 is 24.4 Å². The summed E-state index contributed by atoms with van der Waals surface area (Å²) in [5.74, 6) is 1.15. The van der Waals surface area contributed by atoms with Crippen molar-refractivity contribution in [2.75, 3.05) is 5.75 Å². The summed E-state index contributed by atoms with van der Waals surface area (Å²) in [5.41, 5.74) is 1.85. The second kappa shape index (κ2) is 6.16. The molecule has 0 amide bonds. The largest absolute Gasteiger partial charge is 0.282 e. The Morgan fingerprint density at radius 1 is 1.44 bits per heavy atom. The molecule has 0 saturated carbocycles. The minimum atomic E-state index is 0.0812. The maximum Gasteiger partial charge on any atom is 0.214 e. The third kappa shape index (κ3) is 4.06. The number of benzene rings is 1. The van der Waals surface area contributed by atoms with Crippen molar-refractivity contribution in [3.05, 3.63) is 42.0 Å². The van der Waals surface area contributed by atoms with E-state index in [4.69, 9.17) is 0 Å². The summed E-state index contributed by atoms with van der Waals surface area (Å²) in [6.45, 7) is 7.50. The predicted octanol–water partition coefficient (Wildman–Crippen LogP) is 3.91. The Hall–Kier alpha value is -0.670. The Bertz CT molecular complexity index is 381. The lowest BCUT2D eigenvalue weighted by molar-refractivity contribution is -0.107. The van der Waals surface area contributed by atoms with E-state index in [1.54, 1.807) is 6.92 Å². The first kappa shape index (κ1) is 13.4. The lowest BCUT2D eigenvalue weighted by atomic mass is 10.0. The summed E-state index contributed by atoms with van der Waals surface area (Å²) >= 11 is 5.58. The summed E-state index contributed by atoms with van der Waals surface area (Å²) < 4.78 is 0. The van der Waals surface area contributed by atoms with Crippen molar-refractivity contribution in [2.24, 2.45) is 0 Å². The molecule has 16 heavy (non-hydrogen) atoms. The molecule has 0 fully saturated rings. The lowest BCUT2D eigenvalue weighted by Crippen LogP contribution is -2.01. The van der Waals surface area contributed by atoms with E-state index in [0.717, 1.165) is 10.6 Å². The van der Waals surface area contributed by atoms with Crippen molar-refractivity contribution >= 4 is 29.5 Å². The highest BCUT2D eigenvalue weighted by Crippen LogP contribution is 2.23. The van der Waals surface area contributed by atoms with Crippen LogP contribution in [0.15, 0.2) is 41.3 Å². The number of hydrogen-bond donors (Lipinski definition) is 1. The summed E-state index contributed by atoms with van der Waals surface area (Å²) in [5, 5.41) is 0.0812. The van der Waals surface area contributed by atoms with Gasteiger partial charge in [0.1, 0.15) is 0 Å². The van der Waals surface area contributed by atoms with Crippen molar-refractivity contribution in [1.82, 2.24) is 0 Å². The Morgan fingerprint density at radius 2 is 2.00 bits per heavy atom. The van der Waals surface area contributed by atoms with Gasteiger partial charge in [-0.15, -0.1) is 12.6 Å². The smallest absolute Gasteiger partial charge is 0.214 e. The van der Waals surface area contributed by atoms with Gasteiger partial charge in [0.25, 0.3) is 0 Å². The van der Waals surface area contributed by atoms with Crippen molar-refractivity contribution in [1.29, 1.82) is 0 Å². The van der Waals surface area contributed by atoms with E-state index in [1.807, 2.05) is 12.1 Å². The van der Waals surface area contributed by atoms with Crippen LogP contribution in [0.2, 0.25) is 0 Å². The van der Waals surface area contributed by atoms with Crippen LogP contribution in [0, 0.1) is 0 Å². The average molecular weight is 252 g/mol. The molecule has 0 radical (unpaired) electrons. The first-order chi connectivity index (χ1) is 7.50. The second-order valence-electron chi connectivity index (χ2n) is 3.87. The van der Waals surface area contributed by atoms with Gasteiger partial charge in [-0.25, -0.2) is 0 Å². The molecular formula is C13H16OS2. The highest BCUT2D eigenvalue weighted by molar-refractivity contribution is 8.14. The van der Waals surface area contributed by atoms with Crippen molar-refractivity contribution in [3.63, 3.8) is 0 Å². The highest BCUT2D eigenvalue weighted by Gasteiger charge is 2.09. The van der Waals surface area contributed by atoms with E-state index in [9.17, 15) is 4.79 Å². The summed E-state index contributed by atoms with van der Waals surface area (Å²) in [7, 11) is 0. The summed E-state index contributed by atoms with van der Waals surface area (Å²) in [4.78, 5) is 12.3. The third-order valence-corrected chi connectivity index (χ3v) is 3.85. The van der Waals surface area contributed by atoms with Gasteiger partial charge in [-0.3, -0.25) is 4.79 Å². The fourth-order valence-electron chi connectivity index (χ4n) is 1.22. The lowest BCUT2D eigenvalue weighted by Gasteiger charge is -2.10. The van der Waals surface area contributed by atoms with Crippen LogP contribution in [0.4, 0.5) is 0 Å². The number of carbonyl (C=O) groups is 1. The minimum absolute atomic E-state index is 0.0812. The van der Waals surface area contributed by atoms with Gasteiger partial charge < -0.3 is 0 Å². The molecule has 1 aromatic carbocycles. The molecule has 0 saturated heterocycles. The number of hydrogen-bond acceptors (Lipinski definition) is 3. The zero-order valence-corrected chi connectivity index (χ0v) is 11.3. The Kier molecular flexibility index (Phi) is 5.16. The zero-order valence-electron chi connectivity index (χ0n) is 9.56. The highest BCUT2D eigenvalue weighted by atomic mass is 32.2. The van der Waals surface area contributed by atoms with Crippen LogP contribution in [-0.2, 0) is 4.79 Å². The number of carbonyl (C=O) groups excluding carboxylic acids is 1. The van der Waals surface area contributed by atoms with E-state index in [2.05, 4.69) is 38.3 Å². The van der Waals surface area contributed by atoms with Gasteiger partial charge in [0.05, 0.1) is 0 Å². The van der Waals surface area contributed by atoms with Crippen LogP contribution in [0.25, 0.3) is 0 Å². The molecule has 0 aliphatic rings. The van der Waals surface area contributed by atoms with Crippen LogP contribution in [0.5, 0.6) is 0 Å². The SMILES string of the molecule is C=C(C)C(=O)SCC(C)c1ccc(S)cc1. The molecule has 0 bridgehead atoms. The first-order valence-corrected chi connectivity index (χ1v) is 6.55. The normalized spacial score (nSPS) is 12.2. The van der Waals surface area contributed by atoms with Gasteiger partial charge in [-0.2, -0.15) is 0 Å². The Morgan fingerprint density at radius 3 is 2.50 bits per heavy atom. The van der Waals surface area contributed by atoms with Crippen molar-refractivity contribution < 1.29 is 4.79 Å². The van der Waals surface area contributed by atoms with E-state index in [1.165, 1.54) is 17.3 Å². The van der Waals surface area contributed by atoms with Gasteiger partial charge in [0, 0.05) is 10.6 Å². The fraction of sp³-hybridized carbons (Fsp3) is 0.308. The van der Waals surface area contributed by atoms with E-state index < -0.39 is 0 Å². The molecule has 1 nitrogen and oxygen atoms in total. The zero-order chi connectivity index (χ0) is 12.1. The molecule has 0 N–H and O–H groups in total. The van der Waals surface area contributed by atoms with Gasteiger partial charge in [0.15, 0.2) is 0 Å². The standard InChI is InChI=1S/C13H16OS2/c1-9(2)13(14)16-8-10(3)11-4-6-12(15)7-5-11/h4-7,10,15H,1,8H2,2-3H3. The van der Waals surface area contributed by atoms with Crippen LogP contribution in [0.3, 0.4) is 0 Å². The first-order valence-electron chi connectivity index (χ1n) is 5.12. The maximum absolute atomic E-state index is 11.4. The minimum Gasteiger partial charge on any atom is -0.282 e. The summed E-state index contributed by atoms with van der Waals surface area (Å²) in [6, 6.07) is 8.05. The molecule has 1 rings (SSSR count). The average Bonchev–Trinajstić information content (AvgIpc) is 2.26. The van der Waals surface area contributed by atoms with Gasteiger partial charge in [-0.1, -0.05) is 37.4 Å². The Labute approximate surface area is 107 Å². The molecule has 1 aromatic rings. The van der Waals surface area contributed by atoms with Gasteiger partial charge in [-0.05, 0) is 36.1 Å². The molecule has 0 heterocycles. The molecule has 0 aromatic heterocycles. The van der Waals surface area contributed by atoms with Crippen LogP contribution in [0.1, 0.15) is 25.3 Å². The number of thiol groups is 1. The molecular weight excluding hydrogens is 236 g/mol. The summed E-state index contributed by atoms with van der Waals surface area (Å²) in [6.07, 6.45) is 0. The topological polar surface area (TPSA) is 17.1 Å². The van der Waals surface area contributed by atoms with Crippen molar-refractivity contribution in [2.45, 2.75) is 24.7 Å². The quantitative estimate of drug-likeness (QED) is 0.646. The third-order valence-electron chi connectivity index (χ3n) is 2.28. The maximum atomic E-state index is 11.4. The Balaban J connectivity index is 2.52. The molecule has 0 aliphatic heterocycles. The van der Waals surface area contributed by atoms with E-state index in [0.29, 0.717) is 11.5 Å². The number of thioether (sulfide) groups is 1. The van der Waals surface area contributed by atoms with Gasteiger partial charge in [0.2, 0.25) is 5.12 Å². The van der Waals surface area contributed by atoms with Gasteiger partial charge >= 0.3 is 0 Å². The molecule has 0 spiro atoms. The molecule has 3 heteroatoms. The predicted molar refractivity (Wildman–Crippen MR) is 74.4 cm³/mol.